The van der Waals surface area contributed by atoms with Crippen LogP contribution >= 0.6 is 0 Å². The van der Waals surface area contributed by atoms with Gasteiger partial charge in [-0.1, -0.05) is 0 Å². The molecule has 140 valence electrons. The van der Waals surface area contributed by atoms with Crippen LogP contribution in [0.5, 0.6) is 0 Å². The molecule has 0 bridgehead atoms. The van der Waals surface area contributed by atoms with E-state index >= 15 is 0 Å². The summed E-state index contributed by atoms with van der Waals surface area (Å²) in [6.45, 7) is 12.3. The molecule has 0 aromatic heterocycles. The molecule has 0 aliphatic rings. The SMILES string of the molecule is CCCCCC[Si](C)(C)[O][Cr](=[O])(=[O])[O][Si](C)(C)CCCCCC. The summed E-state index contributed by atoms with van der Waals surface area (Å²) in [5.74, 6) is 0. The van der Waals surface area contributed by atoms with Crippen LogP contribution in [0, 0.1) is 0 Å². The summed E-state index contributed by atoms with van der Waals surface area (Å²) in [7, 11) is -4.38. The Hall–Kier alpha value is 0.486. The average Bonchev–Trinajstić information content (AvgIpc) is 2.37. The molecular formula is C16H38CrO4Si2. The van der Waals surface area contributed by atoms with Gasteiger partial charge in [0, 0.05) is 0 Å². The number of hydrogen-bond donors (Lipinski definition) is 0. The standard InChI is InChI=1S/2C8H19OSi.Cr.2O/c2*1-4-5-6-7-8-10(2,3)9;;;/h2*4-8H2,1-3H3;;;/q2*-1;+2;;. The molecular weight excluding hydrogens is 364 g/mol. The Morgan fingerprint density at radius 2 is 1.00 bits per heavy atom. The van der Waals surface area contributed by atoms with Crippen molar-refractivity contribution in [2.24, 2.45) is 0 Å². The van der Waals surface area contributed by atoms with Crippen molar-refractivity contribution in [1.82, 2.24) is 0 Å². The van der Waals surface area contributed by atoms with E-state index in [1.54, 1.807) is 0 Å². The summed E-state index contributed by atoms with van der Waals surface area (Å²) in [4.78, 5) is 0. The van der Waals surface area contributed by atoms with Gasteiger partial charge >= 0.3 is 148 Å². The fraction of sp³-hybridized carbons (Fsp3) is 1.00. The van der Waals surface area contributed by atoms with Gasteiger partial charge in [0.2, 0.25) is 0 Å². The van der Waals surface area contributed by atoms with Crippen LogP contribution in [0.3, 0.4) is 0 Å². The molecule has 0 heterocycles. The van der Waals surface area contributed by atoms with Crippen molar-refractivity contribution >= 4 is 16.6 Å². The molecule has 0 aromatic carbocycles. The first-order valence-electron chi connectivity index (χ1n) is 9.20. The summed E-state index contributed by atoms with van der Waals surface area (Å²) >= 11 is -4.68. The first-order valence-corrected chi connectivity index (χ1v) is 17.5. The van der Waals surface area contributed by atoms with Gasteiger partial charge in [0.1, 0.15) is 0 Å². The third kappa shape index (κ3) is 13.5. The predicted octanol–water partition coefficient (Wildman–Crippen LogP) is 6.27. The zero-order valence-electron chi connectivity index (χ0n) is 16.1. The van der Waals surface area contributed by atoms with Gasteiger partial charge in [-0.2, -0.15) is 0 Å². The van der Waals surface area contributed by atoms with E-state index in [-0.39, 0.29) is 0 Å². The van der Waals surface area contributed by atoms with Gasteiger partial charge in [0.15, 0.2) is 0 Å². The van der Waals surface area contributed by atoms with Crippen LogP contribution < -0.4 is 0 Å². The molecule has 0 saturated carbocycles. The molecule has 0 N–H and O–H groups in total. The summed E-state index contributed by atoms with van der Waals surface area (Å²) in [5.41, 5.74) is 0. The van der Waals surface area contributed by atoms with Crippen molar-refractivity contribution in [2.75, 3.05) is 0 Å². The predicted molar refractivity (Wildman–Crippen MR) is 96.4 cm³/mol. The van der Waals surface area contributed by atoms with E-state index in [2.05, 4.69) is 13.8 Å². The van der Waals surface area contributed by atoms with E-state index in [0.717, 1.165) is 37.8 Å². The van der Waals surface area contributed by atoms with Crippen LogP contribution in [0.4, 0.5) is 0 Å². The van der Waals surface area contributed by atoms with Crippen LogP contribution in [0.15, 0.2) is 0 Å². The second-order valence-electron chi connectivity index (χ2n) is 7.72. The van der Waals surface area contributed by atoms with Gasteiger partial charge in [-0.15, -0.1) is 0 Å². The first-order chi connectivity index (χ1) is 10.5. The first kappa shape index (κ1) is 23.5. The van der Waals surface area contributed by atoms with Crippen molar-refractivity contribution in [2.45, 2.75) is 103 Å². The number of rotatable bonds is 14. The van der Waals surface area contributed by atoms with Crippen LogP contribution in [0.1, 0.15) is 65.2 Å². The second kappa shape index (κ2) is 11.2. The average molecular weight is 403 g/mol. The molecule has 4 nitrogen and oxygen atoms in total. The molecule has 0 aromatic rings. The fourth-order valence-corrected chi connectivity index (χ4v) is 12.7. The number of unbranched alkanes of at least 4 members (excludes halogenated alkanes) is 6. The third-order valence-corrected chi connectivity index (χ3v) is 14.5. The van der Waals surface area contributed by atoms with Crippen LogP contribution in [0.25, 0.3) is 0 Å². The molecule has 0 rings (SSSR count). The van der Waals surface area contributed by atoms with Gasteiger partial charge in [0.05, 0.1) is 0 Å². The second-order valence-corrected chi connectivity index (χ2v) is 18.9. The van der Waals surface area contributed by atoms with E-state index in [4.69, 9.17) is 6.96 Å². The molecule has 23 heavy (non-hydrogen) atoms. The van der Waals surface area contributed by atoms with E-state index in [1.807, 2.05) is 26.2 Å². The van der Waals surface area contributed by atoms with E-state index in [1.165, 1.54) is 25.7 Å². The Kier molecular flexibility index (Phi) is 11.4. The van der Waals surface area contributed by atoms with E-state index in [0.29, 0.717) is 0 Å². The maximum absolute atomic E-state index is 12.3. The monoisotopic (exact) mass is 402 g/mol. The Labute approximate surface area is 148 Å². The van der Waals surface area contributed by atoms with Gasteiger partial charge < -0.3 is 0 Å². The van der Waals surface area contributed by atoms with Crippen LogP contribution in [-0.4, -0.2) is 16.6 Å². The maximum atomic E-state index is 12.3. The minimum atomic E-state index is -4.68. The molecule has 0 fully saturated rings. The van der Waals surface area contributed by atoms with E-state index < -0.39 is 30.2 Å². The van der Waals surface area contributed by atoms with Crippen molar-refractivity contribution in [3.63, 3.8) is 0 Å². The zero-order chi connectivity index (χ0) is 18.0. The third-order valence-electron chi connectivity index (χ3n) is 3.92. The molecule has 0 aliphatic carbocycles. The summed E-state index contributed by atoms with van der Waals surface area (Å²) in [6.07, 6.45) is 9.20. The zero-order valence-corrected chi connectivity index (χ0v) is 19.4. The van der Waals surface area contributed by atoms with Crippen molar-refractivity contribution < 1.29 is 28.2 Å². The molecule has 0 atom stereocenters. The Morgan fingerprint density at radius 3 is 1.30 bits per heavy atom. The summed E-state index contributed by atoms with van der Waals surface area (Å²) < 4.78 is 35.8. The molecule has 0 amide bonds. The summed E-state index contributed by atoms with van der Waals surface area (Å²) in [5, 5.41) is 0. The quantitative estimate of drug-likeness (QED) is 0.254. The Morgan fingerprint density at radius 1 is 0.652 bits per heavy atom. The van der Waals surface area contributed by atoms with Gasteiger partial charge in [-0.3, -0.25) is 0 Å². The molecule has 7 heteroatoms. The van der Waals surface area contributed by atoms with E-state index in [9.17, 15) is 7.61 Å². The van der Waals surface area contributed by atoms with Crippen molar-refractivity contribution in [3.05, 3.63) is 0 Å². The topological polar surface area (TPSA) is 52.6 Å². The molecule has 0 saturated heterocycles. The van der Waals surface area contributed by atoms with Gasteiger partial charge in [0.25, 0.3) is 0 Å². The fourth-order valence-electron chi connectivity index (χ4n) is 2.61. The Balaban J connectivity index is 4.38. The normalized spacial score (nSPS) is 13.5. The molecule has 0 unspecified atom stereocenters. The van der Waals surface area contributed by atoms with Crippen molar-refractivity contribution in [1.29, 1.82) is 0 Å². The van der Waals surface area contributed by atoms with Crippen LogP contribution in [0.2, 0.25) is 38.3 Å². The molecule has 0 aliphatic heterocycles. The summed E-state index contributed by atoms with van der Waals surface area (Å²) in [6, 6.07) is 1.77. The number of hydrogen-bond acceptors (Lipinski definition) is 4. The van der Waals surface area contributed by atoms with Crippen molar-refractivity contribution in [3.8, 4) is 0 Å². The van der Waals surface area contributed by atoms with Gasteiger partial charge in [-0.05, 0) is 0 Å². The van der Waals surface area contributed by atoms with Gasteiger partial charge in [-0.25, -0.2) is 0 Å². The molecule has 0 spiro atoms. The molecule has 0 radical (unpaired) electrons. The van der Waals surface area contributed by atoms with Crippen LogP contribution in [-0.2, 0) is 28.2 Å². The minimum absolute atomic E-state index is 0.887. The Bertz CT molecular complexity index is 376.